The van der Waals surface area contributed by atoms with E-state index in [1.165, 1.54) is 16.2 Å². The summed E-state index contributed by atoms with van der Waals surface area (Å²) in [5.74, 6) is 7.06. The van der Waals surface area contributed by atoms with E-state index >= 15 is 0 Å². The van der Waals surface area contributed by atoms with E-state index in [1.807, 2.05) is 81.6 Å². The molecule has 0 saturated carbocycles. The van der Waals surface area contributed by atoms with Gasteiger partial charge < -0.3 is 21.5 Å². The summed E-state index contributed by atoms with van der Waals surface area (Å²) >= 11 is 1.53. The maximum Gasteiger partial charge on any atom is 0.408 e. The van der Waals surface area contributed by atoms with Gasteiger partial charge in [-0.3, -0.25) is 4.90 Å². The molecule has 2 aromatic heterocycles. The van der Waals surface area contributed by atoms with Gasteiger partial charge >= 0.3 is 12.1 Å². The number of nitrogens with one attached hydrogen (secondary N) is 2. The van der Waals surface area contributed by atoms with Crippen LogP contribution in [0.3, 0.4) is 0 Å². The molecule has 1 atom stereocenters. The fourth-order valence-corrected chi connectivity index (χ4v) is 6.52. The molecule has 8 nitrogen and oxygen atoms in total. The molecule has 1 aliphatic heterocycles. The predicted octanol–water partition coefficient (Wildman–Crippen LogP) is 7.41. The largest absolute Gasteiger partial charge is 0.465 e. The molecule has 0 aliphatic carbocycles. The van der Waals surface area contributed by atoms with Gasteiger partial charge in [0.15, 0.2) is 0 Å². The average Bonchev–Trinajstić information content (AvgIpc) is 3.55. The molecule has 0 spiro atoms. The van der Waals surface area contributed by atoms with Gasteiger partial charge in [0.05, 0.1) is 10.3 Å². The molecule has 9 heteroatoms. The number of amides is 3. The second kappa shape index (κ2) is 10.8. The van der Waals surface area contributed by atoms with Gasteiger partial charge in [-0.25, -0.2) is 14.6 Å². The first-order valence-electron chi connectivity index (χ1n) is 13.4. The van der Waals surface area contributed by atoms with E-state index in [1.54, 1.807) is 6.20 Å². The number of carbonyl (C=O) groups is 2. The van der Waals surface area contributed by atoms with Crippen LogP contribution >= 0.6 is 11.3 Å². The summed E-state index contributed by atoms with van der Waals surface area (Å²) in [6.07, 6.45) is 2.17. The Morgan fingerprint density at radius 1 is 1.12 bits per heavy atom. The Labute approximate surface area is 243 Å². The van der Waals surface area contributed by atoms with Crippen LogP contribution < -0.4 is 16.4 Å². The van der Waals surface area contributed by atoms with E-state index in [-0.39, 0.29) is 11.4 Å². The van der Waals surface area contributed by atoms with Crippen LogP contribution in [-0.2, 0) is 0 Å². The molecule has 2 aromatic carbocycles. The molecule has 3 heterocycles. The van der Waals surface area contributed by atoms with Crippen LogP contribution in [0.25, 0.3) is 21.2 Å². The number of pyridine rings is 1. The molecule has 0 bridgehead atoms. The highest BCUT2D eigenvalue weighted by Gasteiger charge is 2.51. The summed E-state index contributed by atoms with van der Waals surface area (Å²) < 4.78 is 0.906. The number of hydrogen-bond acceptors (Lipinski definition) is 5. The Hall–Kier alpha value is -4.55. The lowest BCUT2D eigenvalue weighted by Gasteiger charge is -2.43. The van der Waals surface area contributed by atoms with Crippen molar-refractivity contribution in [2.24, 2.45) is 5.41 Å². The monoisotopic (exact) mass is 567 g/mol. The van der Waals surface area contributed by atoms with E-state index in [0.717, 1.165) is 44.4 Å². The molecule has 4 aromatic rings. The molecule has 0 unspecified atom stereocenters. The lowest BCUT2D eigenvalue weighted by molar-refractivity contribution is 0.0702. The zero-order chi connectivity index (χ0) is 29.4. The number of urea groups is 1. The third kappa shape index (κ3) is 5.43. The van der Waals surface area contributed by atoms with Crippen LogP contribution in [0.1, 0.15) is 44.7 Å². The second-order valence-electron chi connectivity index (χ2n) is 11.3. The summed E-state index contributed by atoms with van der Waals surface area (Å²) in [6, 6.07) is 14.8. The number of fused-ring (bicyclic) bond motifs is 1. The first-order valence-corrected chi connectivity index (χ1v) is 14.3. The minimum absolute atomic E-state index is 0.322. The maximum atomic E-state index is 12.5. The van der Waals surface area contributed by atoms with Crippen molar-refractivity contribution in [3.8, 4) is 23.0 Å². The molecule has 1 aliphatic rings. The van der Waals surface area contributed by atoms with Gasteiger partial charge in [0.1, 0.15) is 11.4 Å². The quantitative estimate of drug-likeness (QED) is 0.192. The Morgan fingerprint density at radius 2 is 1.85 bits per heavy atom. The molecule has 5 rings (SSSR count). The number of nitrogens with two attached hydrogens (primary N) is 1. The molecule has 1 saturated heterocycles. The first kappa shape index (κ1) is 28.0. The number of aromatic nitrogens is 1. The molecule has 1 fully saturated rings. The van der Waals surface area contributed by atoms with Crippen molar-refractivity contribution in [3.05, 3.63) is 71.2 Å². The fourth-order valence-electron chi connectivity index (χ4n) is 5.46. The molecule has 3 amide bonds. The first-order chi connectivity index (χ1) is 19.5. The van der Waals surface area contributed by atoms with Crippen molar-refractivity contribution in [2.75, 3.05) is 22.9 Å². The SMILES string of the molecule is Cc1cccc(NC(=O)Nc2ccc(-c3csc4c(C#C[C@@]5(C(C)(C)C)CCCN5C(=O)O)cnc(N)c34)cc2)c1. The van der Waals surface area contributed by atoms with Gasteiger partial charge in [0, 0.05) is 35.1 Å². The third-order valence-corrected chi connectivity index (χ3v) is 8.62. The number of rotatable bonds is 3. The summed E-state index contributed by atoms with van der Waals surface area (Å²) in [5.41, 5.74) is 10.2. The maximum absolute atomic E-state index is 12.5. The molecular weight excluding hydrogens is 534 g/mol. The van der Waals surface area contributed by atoms with Crippen LogP contribution in [0.2, 0.25) is 0 Å². The van der Waals surface area contributed by atoms with Crippen molar-refractivity contribution in [1.82, 2.24) is 9.88 Å². The normalized spacial score (nSPS) is 16.7. The fraction of sp³-hybridized carbons (Fsp3) is 0.281. The minimum Gasteiger partial charge on any atom is -0.465 e. The van der Waals surface area contributed by atoms with Crippen molar-refractivity contribution >= 4 is 50.7 Å². The number of likely N-dealkylation sites (tertiary alicyclic amines) is 1. The van der Waals surface area contributed by atoms with E-state index in [2.05, 4.69) is 27.5 Å². The van der Waals surface area contributed by atoms with Gasteiger partial charge in [0.2, 0.25) is 0 Å². The zero-order valence-electron chi connectivity index (χ0n) is 23.5. The van der Waals surface area contributed by atoms with Gasteiger partial charge in [-0.2, -0.15) is 0 Å². The van der Waals surface area contributed by atoms with E-state index in [9.17, 15) is 14.7 Å². The van der Waals surface area contributed by atoms with E-state index < -0.39 is 11.6 Å². The average molecular weight is 568 g/mol. The zero-order valence-corrected chi connectivity index (χ0v) is 24.4. The summed E-state index contributed by atoms with van der Waals surface area (Å²) in [5, 5.41) is 18.4. The Balaban J connectivity index is 1.42. The Bertz CT molecular complexity index is 1690. The van der Waals surface area contributed by atoms with Crippen molar-refractivity contribution in [3.63, 3.8) is 0 Å². The van der Waals surface area contributed by atoms with Crippen LogP contribution in [0.15, 0.2) is 60.1 Å². The number of hydrogen-bond donors (Lipinski definition) is 4. The third-order valence-electron chi connectivity index (χ3n) is 7.61. The van der Waals surface area contributed by atoms with Gasteiger partial charge in [0.25, 0.3) is 0 Å². The highest BCUT2D eigenvalue weighted by atomic mass is 32.1. The van der Waals surface area contributed by atoms with Gasteiger partial charge in [-0.05, 0) is 66.0 Å². The highest BCUT2D eigenvalue weighted by Crippen LogP contribution is 2.44. The van der Waals surface area contributed by atoms with Crippen LogP contribution in [0.5, 0.6) is 0 Å². The summed E-state index contributed by atoms with van der Waals surface area (Å²) in [6.45, 7) is 8.55. The number of nitrogen functional groups attached to an aromatic ring is 1. The highest BCUT2D eigenvalue weighted by molar-refractivity contribution is 7.18. The van der Waals surface area contributed by atoms with Crippen molar-refractivity contribution in [2.45, 2.75) is 46.1 Å². The lowest BCUT2D eigenvalue weighted by atomic mass is 9.72. The molecule has 210 valence electrons. The number of carboxylic acid groups (broad SMARTS) is 1. The molecule has 0 radical (unpaired) electrons. The van der Waals surface area contributed by atoms with Crippen LogP contribution in [-0.4, -0.2) is 39.2 Å². The smallest absolute Gasteiger partial charge is 0.408 e. The molecule has 5 N–H and O–H groups in total. The number of benzene rings is 2. The van der Waals surface area contributed by atoms with E-state index in [4.69, 9.17) is 5.73 Å². The number of nitrogens with zero attached hydrogens (tertiary/aromatic N) is 2. The Kier molecular flexibility index (Phi) is 7.37. The van der Waals surface area contributed by atoms with Crippen LogP contribution in [0, 0.1) is 24.2 Å². The second-order valence-corrected chi connectivity index (χ2v) is 12.2. The Morgan fingerprint density at radius 3 is 2.54 bits per heavy atom. The molecule has 41 heavy (non-hydrogen) atoms. The summed E-state index contributed by atoms with van der Waals surface area (Å²) in [7, 11) is 0. The van der Waals surface area contributed by atoms with Crippen molar-refractivity contribution in [1.29, 1.82) is 0 Å². The molecular formula is C32H33N5O3S. The lowest BCUT2D eigenvalue weighted by Crippen LogP contribution is -2.54. The van der Waals surface area contributed by atoms with Gasteiger partial charge in [-0.1, -0.05) is 56.9 Å². The number of anilines is 3. The number of thiophene rings is 1. The standard InChI is InChI=1S/C32H33N5O3S/c1-20-7-5-8-24(17-20)36-29(38)35-23-11-9-21(10-12-23)25-19-41-27-22(18-34-28(33)26(25)27)13-15-32(31(2,3)4)14-6-16-37(32)30(39)40/h5,7-12,17-19H,6,14,16H2,1-4H3,(H2,33,34)(H,39,40)(H2,35,36,38)/t32-/m1/s1. The minimum atomic E-state index is -0.948. The number of aryl methyl sites for hydroxylation is 1. The van der Waals surface area contributed by atoms with E-state index in [0.29, 0.717) is 24.5 Å². The predicted molar refractivity (Wildman–Crippen MR) is 166 cm³/mol. The summed E-state index contributed by atoms with van der Waals surface area (Å²) in [4.78, 5) is 30.5. The van der Waals surface area contributed by atoms with Crippen molar-refractivity contribution < 1.29 is 14.7 Å². The van der Waals surface area contributed by atoms with Gasteiger partial charge in [-0.15, -0.1) is 11.3 Å². The number of carbonyl (C=O) groups excluding carboxylic acids is 1. The van der Waals surface area contributed by atoms with Crippen LogP contribution in [0.4, 0.5) is 26.8 Å². The topological polar surface area (TPSA) is 121 Å².